The van der Waals surface area contributed by atoms with Gasteiger partial charge in [-0.1, -0.05) is 59.7 Å². The van der Waals surface area contributed by atoms with Crippen LogP contribution in [-0.4, -0.2) is 19.0 Å². The van der Waals surface area contributed by atoms with Gasteiger partial charge in [-0.2, -0.15) is 0 Å². The highest BCUT2D eigenvalue weighted by Gasteiger charge is 2.14. The van der Waals surface area contributed by atoms with Crippen LogP contribution in [0.4, 0.5) is 0 Å². The van der Waals surface area contributed by atoms with Crippen molar-refractivity contribution < 1.29 is 0 Å². The first kappa shape index (κ1) is 13.8. The Kier molecular flexibility index (Phi) is 4.39. The van der Waals surface area contributed by atoms with Crippen LogP contribution in [0.3, 0.4) is 0 Å². The minimum atomic E-state index is 0.432. The molecule has 0 saturated carbocycles. The molecule has 0 bridgehead atoms. The van der Waals surface area contributed by atoms with E-state index in [-0.39, 0.29) is 0 Å². The van der Waals surface area contributed by atoms with Crippen molar-refractivity contribution >= 4 is 0 Å². The van der Waals surface area contributed by atoms with Crippen LogP contribution in [0.1, 0.15) is 28.3 Å². The molecule has 0 spiro atoms. The quantitative estimate of drug-likeness (QED) is 0.791. The van der Waals surface area contributed by atoms with Gasteiger partial charge in [0.2, 0.25) is 0 Å². The Morgan fingerprint density at radius 3 is 2.11 bits per heavy atom. The SMILES string of the molecule is Cc1cccc(C[C@@H](c2cccc(C)c2)N(C)C)c1. The zero-order chi connectivity index (χ0) is 13.8. The van der Waals surface area contributed by atoms with Crippen LogP contribution >= 0.6 is 0 Å². The molecule has 1 atom stereocenters. The summed E-state index contributed by atoms with van der Waals surface area (Å²) in [7, 11) is 4.31. The van der Waals surface area contributed by atoms with Crippen molar-refractivity contribution in [1.29, 1.82) is 0 Å². The van der Waals surface area contributed by atoms with Crippen LogP contribution < -0.4 is 0 Å². The predicted molar refractivity (Wildman–Crippen MR) is 82.5 cm³/mol. The van der Waals surface area contributed by atoms with Crippen molar-refractivity contribution in [3.05, 3.63) is 70.8 Å². The molecule has 2 aromatic carbocycles. The summed E-state index contributed by atoms with van der Waals surface area (Å²) >= 11 is 0. The van der Waals surface area contributed by atoms with Gasteiger partial charge in [0.15, 0.2) is 0 Å². The van der Waals surface area contributed by atoms with E-state index in [1.54, 1.807) is 0 Å². The Morgan fingerprint density at radius 2 is 1.53 bits per heavy atom. The predicted octanol–water partition coefficient (Wildman–Crippen LogP) is 4.15. The Bertz CT molecular complexity index is 543. The van der Waals surface area contributed by atoms with E-state index in [0.29, 0.717) is 6.04 Å². The summed E-state index contributed by atoms with van der Waals surface area (Å²) in [5.41, 5.74) is 5.46. The molecule has 0 heterocycles. The molecule has 0 unspecified atom stereocenters. The largest absolute Gasteiger partial charge is 0.302 e. The van der Waals surface area contributed by atoms with E-state index in [1.807, 2.05) is 0 Å². The number of hydrogen-bond acceptors (Lipinski definition) is 1. The standard InChI is InChI=1S/C18H23N/c1-14-7-5-9-16(11-14)13-18(19(3)4)17-10-6-8-15(2)12-17/h5-12,18H,13H2,1-4H3/t18-/m0/s1. The van der Waals surface area contributed by atoms with Gasteiger partial charge in [0.1, 0.15) is 0 Å². The summed E-state index contributed by atoms with van der Waals surface area (Å²) in [5, 5.41) is 0. The molecular formula is C18H23N. The Balaban J connectivity index is 2.26. The molecule has 2 rings (SSSR count). The number of likely N-dealkylation sites (N-methyl/N-ethyl adjacent to an activating group) is 1. The lowest BCUT2D eigenvalue weighted by Gasteiger charge is -2.25. The van der Waals surface area contributed by atoms with Gasteiger partial charge >= 0.3 is 0 Å². The molecule has 1 nitrogen and oxygen atoms in total. The van der Waals surface area contributed by atoms with E-state index in [4.69, 9.17) is 0 Å². The van der Waals surface area contributed by atoms with Crippen LogP contribution in [0.15, 0.2) is 48.5 Å². The van der Waals surface area contributed by atoms with Crippen LogP contribution in [0.5, 0.6) is 0 Å². The Morgan fingerprint density at radius 1 is 0.895 bits per heavy atom. The third kappa shape index (κ3) is 3.68. The lowest BCUT2D eigenvalue weighted by molar-refractivity contribution is 0.297. The topological polar surface area (TPSA) is 3.24 Å². The third-order valence-corrected chi connectivity index (χ3v) is 3.56. The maximum absolute atomic E-state index is 2.30. The van der Waals surface area contributed by atoms with Crippen LogP contribution in [0.25, 0.3) is 0 Å². The second-order valence-electron chi connectivity index (χ2n) is 5.59. The highest BCUT2D eigenvalue weighted by Crippen LogP contribution is 2.24. The minimum Gasteiger partial charge on any atom is -0.302 e. The number of nitrogens with zero attached hydrogens (tertiary/aromatic N) is 1. The van der Waals surface area contributed by atoms with Crippen molar-refractivity contribution in [2.45, 2.75) is 26.3 Å². The van der Waals surface area contributed by atoms with E-state index in [0.717, 1.165) is 6.42 Å². The summed E-state index contributed by atoms with van der Waals surface area (Å²) in [4.78, 5) is 2.30. The summed E-state index contributed by atoms with van der Waals surface area (Å²) in [6.45, 7) is 4.31. The normalized spacial score (nSPS) is 12.7. The lowest BCUT2D eigenvalue weighted by atomic mass is 9.96. The Hall–Kier alpha value is -1.60. The first-order chi connectivity index (χ1) is 9.06. The smallest absolute Gasteiger partial charge is 0.0382 e. The summed E-state index contributed by atoms with van der Waals surface area (Å²) < 4.78 is 0. The van der Waals surface area contributed by atoms with Crippen molar-refractivity contribution in [3.63, 3.8) is 0 Å². The highest BCUT2D eigenvalue weighted by atomic mass is 15.1. The molecule has 1 heteroatoms. The van der Waals surface area contributed by atoms with Crippen LogP contribution in [-0.2, 0) is 6.42 Å². The lowest BCUT2D eigenvalue weighted by Crippen LogP contribution is -2.22. The second-order valence-corrected chi connectivity index (χ2v) is 5.59. The van der Waals surface area contributed by atoms with Crippen LogP contribution in [0, 0.1) is 13.8 Å². The van der Waals surface area contributed by atoms with Gasteiger partial charge in [0, 0.05) is 6.04 Å². The van der Waals surface area contributed by atoms with Gasteiger partial charge in [0.05, 0.1) is 0 Å². The molecule has 2 aromatic rings. The molecule has 19 heavy (non-hydrogen) atoms. The van der Waals surface area contributed by atoms with Gasteiger partial charge in [-0.15, -0.1) is 0 Å². The second kappa shape index (κ2) is 6.03. The molecular weight excluding hydrogens is 230 g/mol. The summed E-state index contributed by atoms with van der Waals surface area (Å²) in [5.74, 6) is 0. The van der Waals surface area contributed by atoms with E-state index in [1.165, 1.54) is 22.3 Å². The fourth-order valence-electron chi connectivity index (χ4n) is 2.54. The van der Waals surface area contributed by atoms with E-state index in [2.05, 4.69) is 81.4 Å². The molecule has 0 saturated heterocycles. The third-order valence-electron chi connectivity index (χ3n) is 3.56. The van der Waals surface area contributed by atoms with E-state index >= 15 is 0 Å². The van der Waals surface area contributed by atoms with E-state index in [9.17, 15) is 0 Å². The van der Waals surface area contributed by atoms with Gasteiger partial charge in [-0.3, -0.25) is 0 Å². The molecule has 0 aliphatic heterocycles. The zero-order valence-corrected chi connectivity index (χ0v) is 12.4. The molecule has 0 fully saturated rings. The number of aryl methyl sites for hydroxylation is 2. The minimum absolute atomic E-state index is 0.432. The average molecular weight is 253 g/mol. The van der Waals surface area contributed by atoms with Gasteiger partial charge in [-0.05, 0) is 45.5 Å². The van der Waals surface area contributed by atoms with Crippen LogP contribution in [0.2, 0.25) is 0 Å². The van der Waals surface area contributed by atoms with Crippen molar-refractivity contribution in [3.8, 4) is 0 Å². The molecule has 0 radical (unpaired) electrons. The first-order valence-electron chi connectivity index (χ1n) is 6.85. The van der Waals surface area contributed by atoms with Gasteiger partial charge < -0.3 is 4.90 Å². The molecule has 100 valence electrons. The maximum atomic E-state index is 2.30. The van der Waals surface area contributed by atoms with Crippen molar-refractivity contribution in [2.24, 2.45) is 0 Å². The van der Waals surface area contributed by atoms with Gasteiger partial charge in [0.25, 0.3) is 0 Å². The summed E-state index contributed by atoms with van der Waals surface area (Å²) in [6.07, 6.45) is 1.05. The molecule has 0 N–H and O–H groups in total. The molecule has 0 aliphatic rings. The first-order valence-corrected chi connectivity index (χ1v) is 6.85. The number of benzene rings is 2. The van der Waals surface area contributed by atoms with E-state index < -0.39 is 0 Å². The zero-order valence-electron chi connectivity index (χ0n) is 12.4. The van der Waals surface area contributed by atoms with Crippen molar-refractivity contribution in [1.82, 2.24) is 4.90 Å². The molecule has 0 aliphatic carbocycles. The fourth-order valence-corrected chi connectivity index (χ4v) is 2.54. The van der Waals surface area contributed by atoms with Gasteiger partial charge in [-0.25, -0.2) is 0 Å². The highest BCUT2D eigenvalue weighted by molar-refractivity contribution is 5.29. The van der Waals surface area contributed by atoms with Crippen molar-refractivity contribution in [2.75, 3.05) is 14.1 Å². The Labute approximate surface area is 116 Å². The average Bonchev–Trinajstić information content (AvgIpc) is 2.35. The fraction of sp³-hybridized carbons (Fsp3) is 0.333. The summed E-state index contributed by atoms with van der Waals surface area (Å²) in [6, 6.07) is 18.1. The number of rotatable bonds is 4. The number of hydrogen-bond donors (Lipinski definition) is 0. The maximum Gasteiger partial charge on any atom is 0.0382 e. The molecule has 0 amide bonds. The monoisotopic (exact) mass is 253 g/mol. The molecule has 0 aromatic heterocycles.